The average Bonchev–Trinajstić information content (AvgIpc) is 2.63. The van der Waals surface area contributed by atoms with Gasteiger partial charge < -0.3 is 10.3 Å². The normalized spacial score (nSPS) is 11.7. The molecule has 3 nitrogen and oxygen atoms in total. The number of nitrogens with zero attached hydrogens (tertiary/aromatic N) is 1. The third-order valence-electron chi connectivity index (χ3n) is 2.28. The van der Waals surface area contributed by atoms with Crippen molar-refractivity contribution in [2.75, 3.05) is 5.73 Å². The fraction of sp³-hybridized carbons (Fsp3) is 0.182. The number of hydrogen-bond acceptors (Lipinski definition) is 3. The van der Waals surface area contributed by atoms with E-state index in [1.165, 1.54) is 18.3 Å². The Morgan fingerprint density at radius 1 is 1.38 bits per heavy atom. The molecule has 5 heteroatoms. The summed E-state index contributed by atoms with van der Waals surface area (Å²) >= 11 is 0. The van der Waals surface area contributed by atoms with Crippen molar-refractivity contribution in [3.05, 3.63) is 36.0 Å². The zero-order chi connectivity index (χ0) is 11.8. The van der Waals surface area contributed by atoms with E-state index in [0.717, 1.165) is 6.92 Å². The van der Waals surface area contributed by atoms with E-state index < -0.39 is 5.92 Å². The van der Waals surface area contributed by atoms with Gasteiger partial charge in [0.25, 0.3) is 5.92 Å². The van der Waals surface area contributed by atoms with Gasteiger partial charge in [-0.05, 0) is 11.6 Å². The summed E-state index contributed by atoms with van der Waals surface area (Å²) in [6, 6.07) is 5.97. The fourth-order valence-electron chi connectivity index (χ4n) is 1.43. The topological polar surface area (TPSA) is 52.0 Å². The summed E-state index contributed by atoms with van der Waals surface area (Å²) in [5, 5.41) is 3.50. The molecule has 0 aliphatic heterocycles. The second-order valence-corrected chi connectivity index (χ2v) is 3.57. The Labute approximate surface area is 90.9 Å². The van der Waals surface area contributed by atoms with Gasteiger partial charge in [0.05, 0.1) is 11.8 Å². The van der Waals surface area contributed by atoms with Crippen LogP contribution in [0.5, 0.6) is 0 Å². The largest absolute Gasteiger partial charge is 0.367 e. The number of halogens is 2. The first-order chi connectivity index (χ1) is 7.48. The third-order valence-corrected chi connectivity index (χ3v) is 2.28. The van der Waals surface area contributed by atoms with Crippen LogP contribution in [0.15, 0.2) is 35.0 Å². The molecule has 2 N–H and O–H groups in total. The average molecular weight is 224 g/mol. The number of rotatable bonds is 2. The van der Waals surface area contributed by atoms with E-state index in [-0.39, 0.29) is 11.4 Å². The standard InChI is InChI=1S/C11H10F2N2O/c1-11(12,13)8-4-2-3-7(5-8)9-6-15-16-10(9)14/h2-6H,14H2,1H3. The second-order valence-electron chi connectivity index (χ2n) is 3.57. The molecule has 0 spiro atoms. The van der Waals surface area contributed by atoms with E-state index in [9.17, 15) is 8.78 Å². The molecule has 0 aliphatic rings. The zero-order valence-electron chi connectivity index (χ0n) is 8.58. The molecule has 2 rings (SSSR count). The van der Waals surface area contributed by atoms with Crippen molar-refractivity contribution in [3.8, 4) is 11.1 Å². The highest BCUT2D eigenvalue weighted by atomic mass is 19.3. The van der Waals surface area contributed by atoms with E-state index >= 15 is 0 Å². The van der Waals surface area contributed by atoms with E-state index in [4.69, 9.17) is 5.73 Å². The summed E-state index contributed by atoms with van der Waals surface area (Å²) in [7, 11) is 0. The van der Waals surface area contributed by atoms with Crippen molar-refractivity contribution in [2.45, 2.75) is 12.8 Å². The van der Waals surface area contributed by atoms with Gasteiger partial charge in [-0.3, -0.25) is 0 Å². The quantitative estimate of drug-likeness (QED) is 0.852. The summed E-state index contributed by atoms with van der Waals surface area (Å²) in [5.74, 6) is -2.75. The van der Waals surface area contributed by atoms with Gasteiger partial charge in [0.15, 0.2) is 0 Å². The summed E-state index contributed by atoms with van der Waals surface area (Å²) in [6.07, 6.45) is 1.41. The van der Waals surface area contributed by atoms with Crippen LogP contribution in [0.3, 0.4) is 0 Å². The SMILES string of the molecule is CC(F)(F)c1cccc(-c2cnoc2N)c1. The summed E-state index contributed by atoms with van der Waals surface area (Å²) < 4.78 is 30.9. The lowest BCUT2D eigenvalue weighted by Gasteiger charge is -2.11. The van der Waals surface area contributed by atoms with Crippen molar-refractivity contribution in [1.82, 2.24) is 5.16 Å². The highest BCUT2D eigenvalue weighted by molar-refractivity contribution is 5.72. The Kier molecular flexibility index (Phi) is 2.38. The second kappa shape index (κ2) is 3.59. The predicted octanol–water partition coefficient (Wildman–Crippen LogP) is 3.04. The van der Waals surface area contributed by atoms with E-state index in [0.29, 0.717) is 11.1 Å². The van der Waals surface area contributed by atoms with Gasteiger partial charge in [0.2, 0.25) is 5.88 Å². The molecule has 0 amide bonds. The number of nitrogens with two attached hydrogens (primary N) is 1. The smallest absolute Gasteiger partial charge is 0.270 e. The lowest BCUT2D eigenvalue weighted by Crippen LogP contribution is -2.06. The van der Waals surface area contributed by atoms with Crippen LogP contribution in [0.25, 0.3) is 11.1 Å². The lowest BCUT2D eigenvalue weighted by molar-refractivity contribution is 0.0175. The van der Waals surface area contributed by atoms with Crippen LogP contribution in [0.4, 0.5) is 14.7 Å². The molecular weight excluding hydrogens is 214 g/mol. The van der Waals surface area contributed by atoms with Crippen LogP contribution in [-0.4, -0.2) is 5.16 Å². The monoisotopic (exact) mass is 224 g/mol. The maximum absolute atomic E-state index is 13.1. The Morgan fingerprint density at radius 3 is 2.69 bits per heavy atom. The highest BCUT2D eigenvalue weighted by Gasteiger charge is 2.24. The first kappa shape index (κ1) is 10.6. The molecule has 1 heterocycles. The van der Waals surface area contributed by atoms with Gasteiger partial charge in [0, 0.05) is 12.5 Å². The Balaban J connectivity index is 2.49. The number of nitrogen functional groups attached to an aromatic ring is 1. The molecule has 1 aromatic carbocycles. The van der Waals surface area contributed by atoms with Gasteiger partial charge in [-0.25, -0.2) is 8.78 Å². The maximum Gasteiger partial charge on any atom is 0.270 e. The van der Waals surface area contributed by atoms with Crippen molar-refractivity contribution >= 4 is 5.88 Å². The Morgan fingerprint density at radius 2 is 2.12 bits per heavy atom. The molecule has 0 radical (unpaired) electrons. The zero-order valence-corrected chi connectivity index (χ0v) is 8.58. The van der Waals surface area contributed by atoms with Crippen LogP contribution in [0, 0.1) is 0 Å². The van der Waals surface area contributed by atoms with Crippen molar-refractivity contribution in [3.63, 3.8) is 0 Å². The molecule has 0 saturated carbocycles. The fourth-order valence-corrected chi connectivity index (χ4v) is 1.43. The van der Waals surface area contributed by atoms with Gasteiger partial charge >= 0.3 is 0 Å². The molecule has 0 atom stereocenters. The minimum absolute atomic E-state index is 0.0643. The van der Waals surface area contributed by atoms with Crippen LogP contribution >= 0.6 is 0 Å². The first-order valence-electron chi connectivity index (χ1n) is 4.67. The summed E-state index contributed by atoms with van der Waals surface area (Å²) in [6.45, 7) is 0.850. The molecule has 2 aromatic rings. The minimum Gasteiger partial charge on any atom is -0.367 e. The molecule has 1 aromatic heterocycles. The van der Waals surface area contributed by atoms with Crippen molar-refractivity contribution < 1.29 is 13.3 Å². The van der Waals surface area contributed by atoms with Crippen molar-refractivity contribution in [1.29, 1.82) is 0 Å². The Hall–Kier alpha value is -1.91. The highest BCUT2D eigenvalue weighted by Crippen LogP contribution is 2.32. The third kappa shape index (κ3) is 1.88. The molecule has 0 unspecified atom stereocenters. The summed E-state index contributed by atoms with van der Waals surface area (Å²) in [5.41, 5.74) is 6.54. The molecule has 16 heavy (non-hydrogen) atoms. The number of benzene rings is 1. The number of anilines is 1. The van der Waals surface area contributed by atoms with Gasteiger partial charge in [-0.1, -0.05) is 23.4 Å². The number of aromatic nitrogens is 1. The molecule has 0 saturated heterocycles. The molecule has 84 valence electrons. The van der Waals surface area contributed by atoms with Crippen LogP contribution in [0.2, 0.25) is 0 Å². The minimum atomic E-state index is -2.87. The van der Waals surface area contributed by atoms with Gasteiger partial charge in [0.1, 0.15) is 0 Å². The maximum atomic E-state index is 13.1. The van der Waals surface area contributed by atoms with Gasteiger partial charge in [-0.15, -0.1) is 0 Å². The summed E-state index contributed by atoms with van der Waals surface area (Å²) in [4.78, 5) is 0. The molecule has 0 bridgehead atoms. The number of alkyl halides is 2. The Bertz CT molecular complexity index is 503. The van der Waals surface area contributed by atoms with Crippen molar-refractivity contribution in [2.24, 2.45) is 0 Å². The lowest BCUT2D eigenvalue weighted by atomic mass is 10.0. The van der Waals surface area contributed by atoms with Crippen LogP contribution in [0.1, 0.15) is 12.5 Å². The van der Waals surface area contributed by atoms with Crippen LogP contribution < -0.4 is 5.73 Å². The van der Waals surface area contributed by atoms with E-state index in [1.807, 2.05) is 0 Å². The molecular formula is C11H10F2N2O. The molecule has 0 fully saturated rings. The molecule has 0 aliphatic carbocycles. The first-order valence-corrected chi connectivity index (χ1v) is 4.67. The predicted molar refractivity (Wildman–Crippen MR) is 55.9 cm³/mol. The van der Waals surface area contributed by atoms with Crippen LogP contribution in [-0.2, 0) is 5.92 Å². The van der Waals surface area contributed by atoms with E-state index in [1.54, 1.807) is 12.1 Å². The number of hydrogen-bond donors (Lipinski definition) is 1. The van der Waals surface area contributed by atoms with Gasteiger partial charge in [-0.2, -0.15) is 0 Å². The van der Waals surface area contributed by atoms with E-state index in [2.05, 4.69) is 9.68 Å².